The van der Waals surface area contributed by atoms with Crippen molar-refractivity contribution in [2.45, 2.75) is 117 Å². The lowest BCUT2D eigenvalue weighted by Crippen LogP contribution is -2.15. The molecule has 1 unspecified atom stereocenters. The van der Waals surface area contributed by atoms with E-state index in [1.807, 2.05) is 6.07 Å². The molecule has 1 atom stereocenters. The van der Waals surface area contributed by atoms with E-state index in [9.17, 15) is 4.39 Å². The van der Waals surface area contributed by atoms with Crippen LogP contribution in [0.1, 0.15) is 115 Å². The summed E-state index contributed by atoms with van der Waals surface area (Å²) in [6, 6.07) is 5.98. The van der Waals surface area contributed by atoms with Gasteiger partial charge in [-0.1, -0.05) is 89.0 Å². The van der Waals surface area contributed by atoms with Gasteiger partial charge in [0.05, 0.1) is 0 Å². The van der Waals surface area contributed by atoms with Crippen molar-refractivity contribution < 1.29 is 4.39 Å². The zero-order chi connectivity index (χ0) is 21.2. The fraction of sp³-hybridized carbons (Fsp3) is 0.724. The highest BCUT2D eigenvalue weighted by Crippen LogP contribution is 2.36. The molecule has 1 heteroatoms. The zero-order valence-corrected chi connectivity index (χ0v) is 19.7. The lowest BCUT2D eigenvalue weighted by atomic mass is 9.76. The maximum Gasteiger partial charge on any atom is 0.126 e. The van der Waals surface area contributed by atoms with Crippen LogP contribution in [0.4, 0.5) is 4.39 Å². The highest BCUT2D eigenvalue weighted by molar-refractivity contribution is 5.25. The summed E-state index contributed by atoms with van der Waals surface area (Å²) in [5.74, 6) is 2.96. The molecule has 0 aromatic heterocycles. The molecule has 1 fully saturated rings. The third-order valence-corrected chi connectivity index (χ3v) is 8.04. The molecule has 0 spiro atoms. The number of rotatable bonds is 11. The average Bonchev–Trinajstić information content (AvgIpc) is 2.79. The lowest BCUT2D eigenvalue weighted by Gasteiger charge is -2.29. The molecule has 2 aliphatic rings. The molecule has 0 amide bonds. The highest BCUT2D eigenvalue weighted by atomic mass is 19.1. The van der Waals surface area contributed by atoms with E-state index in [4.69, 9.17) is 0 Å². The van der Waals surface area contributed by atoms with Gasteiger partial charge in [-0.15, -0.1) is 0 Å². The molecule has 0 aliphatic heterocycles. The van der Waals surface area contributed by atoms with Crippen molar-refractivity contribution in [2.75, 3.05) is 0 Å². The second-order valence-electron chi connectivity index (χ2n) is 10.3. The van der Waals surface area contributed by atoms with Crippen LogP contribution in [0.3, 0.4) is 0 Å². The Morgan fingerprint density at radius 1 is 0.833 bits per heavy atom. The number of allylic oxidation sites excluding steroid dienone is 2. The van der Waals surface area contributed by atoms with Gasteiger partial charge in [-0.3, -0.25) is 0 Å². The quantitative estimate of drug-likeness (QED) is 0.251. The number of benzene rings is 1. The topological polar surface area (TPSA) is 0 Å². The minimum Gasteiger partial charge on any atom is -0.207 e. The Bertz CT molecular complexity index is 650. The number of halogens is 1. The van der Waals surface area contributed by atoms with Gasteiger partial charge >= 0.3 is 0 Å². The van der Waals surface area contributed by atoms with E-state index in [1.54, 1.807) is 11.6 Å². The van der Waals surface area contributed by atoms with Crippen LogP contribution in [-0.4, -0.2) is 0 Å². The first-order valence-electron chi connectivity index (χ1n) is 13.1. The smallest absolute Gasteiger partial charge is 0.126 e. The van der Waals surface area contributed by atoms with Crippen LogP contribution < -0.4 is 0 Å². The number of aryl methyl sites for hydroxylation is 2. The second-order valence-corrected chi connectivity index (χ2v) is 10.3. The predicted octanol–water partition coefficient (Wildman–Crippen LogP) is 9.21. The lowest BCUT2D eigenvalue weighted by molar-refractivity contribution is 0.241. The van der Waals surface area contributed by atoms with E-state index in [0.717, 1.165) is 54.6 Å². The summed E-state index contributed by atoms with van der Waals surface area (Å²) in [6.07, 6.45) is 23.1. The molecule has 1 saturated carbocycles. The van der Waals surface area contributed by atoms with Crippen LogP contribution >= 0.6 is 0 Å². The van der Waals surface area contributed by atoms with Crippen molar-refractivity contribution in [1.29, 1.82) is 0 Å². The average molecular weight is 413 g/mol. The van der Waals surface area contributed by atoms with Crippen LogP contribution in [0, 0.1) is 23.6 Å². The van der Waals surface area contributed by atoms with Gasteiger partial charge in [0.25, 0.3) is 0 Å². The first-order valence-corrected chi connectivity index (χ1v) is 13.1. The Kier molecular flexibility index (Phi) is 9.95. The van der Waals surface area contributed by atoms with Gasteiger partial charge < -0.3 is 0 Å². The maximum atomic E-state index is 14.4. The fourth-order valence-corrected chi connectivity index (χ4v) is 5.65. The third kappa shape index (κ3) is 7.54. The van der Waals surface area contributed by atoms with E-state index in [2.05, 4.69) is 26.0 Å². The summed E-state index contributed by atoms with van der Waals surface area (Å²) in [4.78, 5) is 0. The molecule has 0 heterocycles. The first kappa shape index (κ1) is 23.6. The molecule has 3 rings (SSSR count). The van der Waals surface area contributed by atoms with Gasteiger partial charge in [0.2, 0.25) is 0 Å². The third-order valence-electron chi connectivity index (χ3n) is 8.04. The van der Waals surface area contributed by atoms with Crippen molar-refractivity contribution in [3.8, 4) is 0 Å². The summed E-state index contributed by atoms with van der Waals surface area (Å²) in [5, 5.41) is 0. The Labute approximate surface area is 185 Å². The number of unbranched alkanes of at least 4 members (excludes halogenated alkanes) is 2. The second kappa shape index (κ2) is 12.7. The van der Waals surface area contributed by atoms with Gasteiger partial charge in [-0.25, -0.2) is 4.39 Å². The minimum absolute atomic E-state index is 0.00858. The molecule has 30 heavy (non-hydrogen) atoms. The molecule has 0 saturated heterocycles. The SMILES string of the molecule is CCCCCc1ccc(CCC2=CCC(CCC3CCC(CC)CC3)CC2)cc1F. The molecular weight excluding hydrogens is 367 g/mol. The van der Waals surface area contributed by atoms with Crippen molar-refractivity contribution in [3.05, 3.63) is 46.8 Å². The Morgan fingerprint density at radius 2 is 1.60 bits per heavy atom. The Morgan fingerprint density at radius 3 is 2.27 bits per heavy atom. The minimum atomic E-state index is 0.00858. The van der Waals surface area contributed by atoms with E-state index < -0.39 is 0 Å². The summed E-state index contributed by atoms with van der Waals surface area (Å²) < 4.78 is 14.4. The van der Waals surface area contributed by atoms with Crippen LogP contribution in [0.5, 0.6) is 0 Å². The molecule has 0 radical (unpaired) electrons. The molecular formula is C29H45F. The van der Waals surface area contributed by atoms with Crippen LogP contribution in [-0.2, 0) is 12.8 Å². The summed E-state index contributed by atoms with van der Waals surface area (Å²) in [5.41, 5.74) is 3.68. The Balaban J connectivity index is 1.35. The molecule has 0 bridgehead atoms. The van der Waals surface area contributed by atoms with Gasteiger partial charge in [0.15, 0.2) is 0 Å². The van der Waals surface area contributed by atoms with Crippen molar-refractivity contribution in [2.24, 2.45) is 17.8 Å². The van der Waals surface area contributed by atoms with Crippen LogP contribution in [0.15, 0.2) is 29.8 Å². The summed E-state index contributed by atoms with van der Waals surface area (Å²) >= 11 is 0. The summed E-state index contributed by atoms with van der Waals surface area (Å²) in [6.45, 7) is 4.55. The van der Waals surface area contributed by atoms with Gasteiger partial charge in [0, 0.05) is 0 Å². The van der Waals surface area contributed by atoms with Crippen LogP contribution in [0.25, 0.3) is 0 Å². The molecule has 1 aromatic carbocycles. The van der Waals surface area contributed by atoms with E-state index in [-0.39, 0.29) is 5.82 Å². The molecule has 0 nitrogen and oxygen atoms in total. The standard InChI is InChI=1S/C29H45F/c1-3-5-6-7-28-21-20-27(22-29(28)30)19-18-26-16-14-25(15-17-26)13-12-24-10-8-23(4-2)9-11-24/h16,20-25H,3-15,17-19H2,1-2H3. The number of hydrogen-bond acceptors (Lipinski definition) is 0. The van der Waals surface area contributed by atoms with Crippen molar-refractivity contribution >= 4 is 0 Å². The van der Waals surface area contributed by atoms with Crippen molar-refractivity contribution in [1.82, 2.24) is 0 Å². The van der Waals surface area contributed by atoms with Gasteiger partial charge in [-0.2, -0.15) is 0 Å². The molecule has 2 aliphatic carbocycles. The Hall–Kier alpha value is -1.11. The molecule has 1 aromatic rings. The fourth-order valence-electron chi connectivity index (χ4n) is 5.65. The predicted molar refractivity (Wildman–Crippen MR) is 128 cm³/mol. The van der Waals surface area contributed by atoms with E-state index in [1.165, 1.54) is 77.0 Å². The zero-order valence-electron chi connectivity index (χ0n) is 19.7. The van der Waals surface area contributed by atoms with Gasteiger partial charge in [-0.05, 0) is 86.3 Å². The van der Waals surface area contributed by atoms with Gasteiger partial charge in [0.1, 0.15) is 5.82 Å². The van der Waals surface area contributed by atoms with E-state index in [0.29, 0.717) is 0 Å². The monoisotopic (exact) mass is 412 g/mol. The summed E-state index contributed by atoms with van der Waals surface area (Å²) in [7, 11) is 0. The highest BCUT2D eigenvalue weighted by Gasteiger charge is 2.22. The van der Waals surface area contributed by atoms with E-state index >= 15 is 0 Å². The first-order chi connectivity index (χ1) is 14.7. The molecule has 168 valence electrons. The largest absolute Gasteiger partial charge is 0.207 e. The number of hydrogen-bond donors (Lipinski definition) is 0. The van der Waals surface area contributed by atoms with Crippen LogP contribution in [0.2, 0.25) is 0 Å². The maximum absolute atomic E-state index is 14.4. The molecule has 0 N–H and O–H groups in total. The van der Waals surface area contributed by atoms with Crippen molar-refractivity contribution in [3.63, 3.8) is 0 Å². The normalized spacial score (nSPS) is 24.6.